The Morgan fingerprint density at radius 3 is 2.80 bits per heavy atom. The van der Waals surface area contributed by atoms with Crippen LogP contribution in [-0.2, 0) is 4.79 Å². The Labute approximate surface area is 122 Å². The third-order valence-corrected chi connectivity index (χ3v) is 2.99. The van der Waals surface area contributed by atoms with Gasteiger partial charge in [0.05, 0.1) is 5.69 Å². The molecule has 0 aliphatic heterocycles. The van der Waals surface area contributed by atoms with Crippen LogP contribution in [0.2, 0.25) is 5.02 Å². The molecule has 2 aromatic rings. The van der Waals surface area contributed by atoms with E-state index in [0.29, 0.717) is 22.1 Å². The van der Waals surface area contributed by atoms with Crippen molar-refractivity contribution in [2.45, 2.75) is 6.92 Å². The molecule has 2 aromatic carbocycles. The maximum absolute atomic E-state index is 11.8. The molecule has 0 aliphatic rings. The number of nitrogens with one attached hydrogen (secondary N) is 1. The monoisotopic (exact) mass is 290 g/mol. The fraction of sp³-hybridized carbons (Fsp3) is 0.133. The predicted octanol–water partition coefficient (Wildman–Crippen LogP) is 3.25. The molecule has 20 heavy (non-hydrogen) atoms. The van der Waals surface area contributed by atoms with Gasteiger partial charge >= 0.3 is 0 Å². The summed E-state index contributed by atoms with van der Waals surface area (Å²) in [5.41, 5.74) is 7.83. The summed E-state index contributed by atoms with van der Waals surface area (Å²) in [7, 11) is 0. The molecule has 0 unspecified atom stereocenters. The van der Waals surface area contributed by atoms with Gasteiger partial charge in [-0.2, -0.15) is 0 Å². The number of benzene rings is 2. The number of halogens is 1. The van der Waals surface area contributed by atoms with Gasteiger partial charge in [-0.05, 0) is 36.8 Å². The smallest absolute Gasteiger partial charge is 0.262 e. The third kappa shape index (κ3) is 3.65. The molecule has 0 atom stereocenters. The van der Waals surface area contributed by atoms with Crippen LogP contribution in [0.1, 0.15) is 5.56 Å². The van der Waals surface area contributed by atoms with Crippen molar-refractivity contribution in [2.75, 3.05) is 17.7 Å². The summed E-state index contributed by atoms with van der Waals surface area (Å²) in [5, 5.41) is 3.32. The number of rotatable bonds is 4. The van der Waals surface area contributed by atoms with Gasteiger partial charge in [-0.1, -0.05) is 29.8 Å². The second-order valence-corrected chi connectivity index (χ2v) is 4.77. The molecular formula is C15H15ClN2O2. The highest BCUT2D eigenvalue weighted by atomic mass is 35.5. The molecule has 3 N–H and O–H groups in total. The summed E-state index contributed by atoms with van der Waals surface area (Å²) >= 11 is 5.89. The summed E-state index contributed by atoms with van der Waals surface area (Å²) in [6.07, 6.45) is 0. The largest absolute Gasteiger partial charge is 0.482 e. The molecule has 0 fully saturated rings. The van der Waals surface area contributed by atoms with Crippen LogP contribution in [0.5, 0.6) is 5.75 Å². The highest BCUT2D eigenvalue weighted by Gasteiger charge is 2.07. The number of amides is 1. The summed E-state index contributed by atoms with van der Waals surface area (Å²) in [6, 6.07) is 12.3. The van der Waals surface area contributed by atoms with E-state index in [9.17, 15) is 4.79 Å². The van der Waals surface area contributed by atoms with E-state index in [4.69, 9.17) is 22.1 Å². The summed E-state index contributed by atoms with van der Waals surface area (Å²) in [4.78, 5) is 11.8. The maximum atomic E-state index is 11.8. The van der Waals surface area contributed by atoms with Crippen molar-refractivity contribution in [1.82, 2.24) is 0 Å². The molecule has 104 valence electrons. The lowest BCUT2D eigenvalue weighted by Crippen LogP contribution is -2.20. The lowest BCUT2D eigenvalue weighted by atomic mass is 10.2. The second-order valence-electron chi connectivity index (χ2n) is 4.33. The van der Waals surface area contributed by atoms with E-state index in [1.54, 1.807) is 36.4 Å². The molecule has 0 aliphatic carbocycles. The van der Waals surface area contributed by atoms with Crippen LogP contribution in [0.3, 0.4) is 0 Å². The van der Waals surface area contributed by atoms with Gasteiger partial charge in [-0.15, -0.1) is 0 Å². The Hall–Kier alpha value is -2.20. The Kier molecular flexibility index (Phi) is 4.48. The van der Waals surface area contributed by atoms with Crippen LogP contribution in [0.15, 0.2) is 42.5 Å². The minimum Gasteiger partial charge on any atom is -0.482 e. The highest BCUT2D eigenvalue weighted by Crippen LogP contribution is 2.21. The molecule has 5 heteroatoms. The van der Waals surface area contributed by atoms with E-state index in [1.165, 1.54) is 0 Å². The number of carbonyl (C=O) groups is 1. The van der Waals surface area contributed by atoms with Crippen LogP contribution >= 0.6 is 11.6 Å². The lowest BCUT2D eigenvalue weighted by molar-refractivity contribution is -0.118. The van der Waals surface area contributed by atoms with Crippen molar-refractivity contribution >= 4 is 28.9 Å². The molecular weight excluding hydrogens is 276 g/mol. The van der Waals surface area contributed by atoms with Gasteiger partial charge in [0.25, 0.3) is 5.91 Å². The Balaban J connectivity index is 1.96. The van der Waals surface area contributed by atoms with Gasteiger partial charge in [0.1, 0.15) is 5.75 Å². The van der Waals surface area contributed by atoms with E-state index < -0.39 is 0 Å². The van der Waals surface area contributed by atoms with Crippen molar-refractivity contribution in [3.05, 3.63) is 53.1 Å². The number of carbonyl (C=O) groups excluding carboxylic acids is 1. The molecule has 1 amide bonds. The molecule has 0 spiro atoms. The van der Waals surface area contributed by atoms with Crippen molar-refractivity contribution in [2.24, 2.45) is 0 Å². The second kappa shape index (κ2) is 6.30. The molecule has 0 aromatic heterocycles. The first kappa shape index (κ1) is 14.2. The molecule has 2 rings (SSSR count). The Morgan fingerprint density at radius 2 is 2.05 bits per heavy atom. The number of nitrogen functional groups attached to an aromatic ring is 1. The van der Waals surface area contributed by atoms with Crippen LogP contribution < -0.4 is 15.8 Å². The Bertz CT molecular complexity index is 629. The summed E-state index contributed by atoms with van der Waals surface area (Å²) < 4.78 is 5.37. The Morgan fingerprint density at radius 1 is 1.30 bits per heavy atom. The van der Waals surface area contributed by atoms with Gasteiger partial charge in [0.2, 0.25) is 0 Å². The van der Waals surface area contributed by atoms with Crippen molar-refractivity contribution in [3.63, 3.8) is 0 Å². The molecule has 0 saturated heterocycles. The van der Waals surface area contributed by atoms with Gasteiger partial charge in [0.15, 0.2) is 6.61 Å². The lowest BCUT2D eigenvalue weighted by Gasteiger charge is -2.11. The molecule has 0 heterocycles. The third-order valence-electron chi connectivity index (χ3n) is 2.75. The van der Waals surface area contributed by atoms with Crippen LogP contribution in [0, 0.1) is 6.92 Å². The average Bonchev–Trinajstić information content (AvgIpc) is 2.42. The minimum atomic E-state index is -0.265. The SMILES string of the molecule is Cc1ccc(Cl)cc1NC(=O)COc1ccccc1N. The van der Waals surface area contributed by atoms with Crippen molar-refractivity contribution in [3.8, 4) is 5.75 Å². The number of para-hydroxylation sites is 2. The van der Waals surface area contributed by atoms with Crippen LogP contribution in [0.4, 0.5) is 11.4 Å². The molecule has 0 saturated carbocycles. The number of ether oxygens (including phenoxy) is 1. The first-order valence-electron chi connectivity index (χ1n) is 6.09. The van der Waals surface area contributed by atoms with E-state index in [1.807, 2.05) is 13.0 Å². The summed E-state index contributed by atoms with van der Waals surface area (Å²) in [5.74, 6) is 0.226. The summed E-state index contributed by atoms with van der Waals surface area (Å²) in [6.45, 7) is 1.78. The standard InChI is InChI=1S/C15H15ClN2O2/c1-10-6-7-11(16)8-13(10)18-15(19)9-20-14-5-3-2-4-12(14)17/h2-8H,9,17H2,1H3,(H,18,19). The average molecular weight is 291 g/mol. The quantitative estimate of drug-likeness (QED) is 0.850. The number of anilines is 2. The molecule has 4 nitrogen and oxygen atoms in total. The van der Waals surface area contributed by atoms with E-state index in [-0.39, 0.29) is 12.5 Å². The fourth-order valence-corrected chi connectivity index (χ4v) is 1.84. The highest BCUT2D eigenvalue weighted by molar-refractivity contribution is 6.31. The predicted molar refractivity (Wildman–Crippen MR) is 81.2 cm³/mol. The number of hydrogen-bond acceptors (Lipinski definition) is 3. The number of aryl methyl sites for hydroxylation is 1. The van der Waals surface area contributed by atoms with Crippen LogP contribution in [-0.4, -0.2) is 12.5 Å². The topological polar surface area (TPSA) is 64.3 Å². The van der Waals surface area contributed by atoms with E-state index >= 15 is 0 Å². The van der Waals surface area contributed by atoms with Crippen molar-refractivity contribution < 1.29 is 9.53 Å². The number of hydrogen-bond donors (Lipinski definition) is 2. The van der Waals surface area contributed by atoms with E-state index in [2.05, 4.69) is 5.32 Å². The van der Waals surface area contributed by atoms with Gasteiger partial charge < -0.3 is 15.8 Å². The van der Waals surface area contributed by atoms with Gasteiger partial charge in [-0.25, -0.2) is 0 Å². The zero-order valence-corrected chi connectivity index (χ0v) is 11.8. The zero-order valence-electron chi connectivity index (χ0n) is 11.0. The van der Waals surface area contributed by atoms with E-state index in [0.717, 1.165) is 5.56 Å². The first-order chi connectivity index (χ1) is 9.56. The minimum absolute atomic E-state index is 0.111. The maximum Gasteiger partial charge on any atom is 0.262 e. The number of nitrogens with two attached hydrogens (primary N) is 1. The van der Waals surface area contributed by atoms with Crippen molar-refractivity contribution in [1.29, 1.82) is 0 Å². The normalized spacial score (nSPS) is 10.1. The fourth-order valence-electron chi connectivity index (χ4n) is 1.67. The first-order valence-corrected chi connectivity index (χ1v) is 6.47. The van der Waals surface area contributed by atoms with Gasteiger partial charge in [-0.3, -0.25) is 4.79 Å². The molecule has 0 bridgehead atoms. The zero-order chi connectivity index (χ0) is 14.5. The van der Waals surface area contributed by atoms with Gasteiger partial charge in [0, 0.05) is 10.7 Å². The van der Waals surface area contributed by atoms with Crippen LogP contribution in [0.25, 0.3) is 0 Å². The molecule has 0 radical (unpaired) electrons.